The molecule has 3 amide bonds. The normalized spacial score (nSPS) is 35.7. The first-order chi connectivity index (χ1) is 16.5. The van der Waals surface area contributed by atoms with E-state index < -0.39 is 40.7 Å². The fraction of sp³-hybridized carbons (Fsp3) is 0.741. The minimum atomic E-state index is -1.27. The summed E-state index contributed by atoms with van der Waals surface area (Å²) in [4.78, 5) is 47.7. The molecule has 0 aromatic rings. The highest BCUT2D eigenvalue weighted by molar-refractivity contribution is 6.00. The largest absolute Gasteiger partial charge is 0.394 e. The zero-order chi connectivity index (χ0) is 25.8. The first-order valence-corrected chi connectivity index (χ1v) is 13.1. The third kappa shape index (κ3) is 3.67. The van der Waals surface area contributed by atoms with Crippen molar-refractivity contribution in [1.29, 1.82) is 0 Å². The Morgan fingerprint density at radius 3 is 2.29 bits per heavy atom. The summed E-state index contributed by atoms with van der Waals surface area (Å²) in [5, 5.41) is 10.2. The Kier molecular flexibility index (Phi) is 6.68. The molecule has 1 unspecified atom stereocenters. The van der Waals surface area contributed by atoms with Gasteiger partial charge >= 0.3 is 0 Å². The van der Waals surface area contributed by atoms with Crippen LogP contribution in [0.1, 0.15) is 60.8 Å². The van der Waals surface area contributed by atoms with Gasteiger partial charge in [-0.05, 0) is 40.0 Å². The summed E-state index contributed by atoms with van der Waals surface area (Å²) in [5.74, 6) is -2.13. The predicted molar refractivity (Wildman–Crippen MR) is 132 cm³/mol. The molecule has 1 spiro atoms. The Bertz CT molecular complexity index is 936. The maximum atomic E-state index is 14.3. The highest BCUT2D eigenvalue weighted by Gasteiger charge is 2.76. The molecule has 8 nitrogen and oxygen atoms in total. The van der Waals surface area contributed by atoms with Crippen molar-refractivity contribution in [1.82, 2.24) is 14.7 Å². The van der Waals surface area contributed by atoms with Gasteiger partial charge in [-0.2, -0.15) is 0 Å². The van der Waals surface area contributed by atoms with Crippen LogP contribution >= 0.6 is 0 Å². The van der Waals surface area contributed by atoms with Crippen LogP contribution < -0.4 is 0 Å². The van der Waals surface area contributed by atoms with E-state index >= 15 is 0 Å². The molecular formula is C27H41N3O5. The molecule has 4 heterocycles. The molecule has 1 N–H and O–H groups in total. The van der Waals surface area contributed by atoms with Gasteiger partial charge in [0.15, 0.2) is 0 Å². The summed E-state index contributed by atoms with van der Waals surface area (Å²) in [7, 11) is 0. The number of nitrogens with zero attached hydrogens (tertiary/aromatic N) is 3. The summed E-state index contributed by atoms with van der Waals surface area (Å²) < 4.78 is 6.93. The Morgan fingerprint density at radius 2 is 1.71 bits per heavy atom. The monoisotopic (exact) mass is 487 g/mol. The van der Waals surface area contributed by atoms with Gasteiger partial charge in [0.2, 0.25) is 17.7 Å². The van der Waals surface area contributed by atoms with Gasteiger partial charge in [-0.25, -0.2) is 0 Å². The third-order valence-corrected chi connectivity index (χ3v) is 8.34. The van der Waals surface area contributed by atoms with Crippen molar-refractivity contribution in [3.05, 3.63) is 24.3 Å². The maximum absolute atomic E-state index is 14.3. The lowest BCUT2D eigenvalue weighted by atomic mass is 9.73. The van der Waals surface area contributed by atoms with E-state index in [-0.39, 0.29) is 24.3 Å². The predicted octanol–water partition coefficient (Wildman–Crippen LogP) is 2.12. The summed E-state index contributed by atoms with van der Waals surface area (Å²) in [6.07, 6.45) is 9.55. The average molecular weight is 488 g/mol. The summed E-state index contributed by atoms with van der Waals surface area (Å²) in [6.45, 7) is 13.0. The zero-order valence-electron chi connectivity index (χ0n) is 22.0. The molecule has 2 saturated heterocycles. The Morgan fingerprint density at radius 1 is 1.03 bits per heavy atom. The number of carbonyl (C=O) groups is 3. The molecule has 0 radical (unpaired) electrons. The van der Waals surface area contributed by atoms with E-state index in [1.54, 1.807) is 14.7 Å². The lowest BCUT2D eigenvalue weighted by molar-refractivity contribution is -0.159. The second-order valence-corrected chi connectivity index (χ2v) is 11.3. The van der Waals surface area contributed by atoms with Gasteiger partial charge in [0, 0.05) is 25.2 Å². The second kappa shape index (κ2) is 9.04. The van der Waals surface area contributed by atoms with E-state index in [0.29, 0.717) is 32.5 Å². The van der Waals surface area contributed by atoms with Crippen molar-refractivity contribution in [2.75, 3.05) is 26.2 Å². The molecule has 4 aliphatic heterocycles. The van der Waals surface area contributed by atoms with Gasteiger partial charge in [-0.3, -0.25) is 14.4 Å². The lowest BCUT2D eigenvalue weighted by Gasteiger charge is -2.43. The van der Waals surface area contributed by atoms with Crippen molar-refractivity contribution >= 4 is 17.7 Å². The standard InChI is InChI=1S/C27H41N3O5/c1-7-14-28-15-10-12-26(9-3)19(22(28)32)20-23(33)30(18(8-2)17-31)21-24(34)29(25(4,5)6)16-11-13-27(20,21)35-26/h10-13,18-21,31H,7-9,14-17H2,1-6H3/t18-,19-,20-,21?,26+,27-/m0/s1. The van der Waals surface area contributed by atoms with E-state index in [4.69, 9.17) is 4.74 Å². The topological polar surface area (TPSA) is 90.4 Å². The molecule has 0 aromatic heterocycles. The molecule has 6 atom stereocenters. The minimum absolute atomic E-state index is 0.0932. The van der Waals surface area contributed by atoms with Crippen LogP contribution in [0, 0.1) is 11.8 Å². The van der Waals surface area contributed by atoms with Crippen molar-refractivity contribution in [3.8, 4) is 0 Å². The van der Waals surface area contributed by atoms with Crippen LogP contribution in [0.25, 0.3) is 0 Å². The number of likely N-dealkylation sites (tertiary alicyclic amines) is 1. The van der Waals surface area contributed by atoms with E-state index in [1.165, 1.54) is 0 Å². The van der Waals surface area contributed by atoms with Crippen LogP contribution in [0.5, 0.6) is 0 Å². The van der Waals surface area contributed by atoms with Gasteiger partial charge in [0.25, 0.3) is 0 Å². The molecule has 4 rings (SSSR count). The molecule has 0 saturated carbocycles. The molecule has 2 fully saturated rings. The van der Waals surface area contributed by atoms with Crippen LogP contribution in [-0.2, 0) is 19.1 Å². The van der Waals surface area contributed by atoms with Crippen LogP contribution in [0.4, 0.5) is 0 Å². The molecular weight excluding hydrogens is 446 g/mol. The van der Waals surface area contributed by atoms with Crippen molar-refractivity contribution < 1.29 is 24.2 Å². The number of hydrogen-bond donors (Lipinski definition) is 1. The molecule has 4 aliphatic rings. The number of carbonyl (C=O) groups excluding carboxylic acids is 3. The quantitative estimate of drug-likeness (QED) is 0.580. The SMILES string of the molecule is CCCN1CC=C[C@@]2(CC)O[C@]34C=CCN(C(C)(C)C)C(=O)C3N([C@@H](CC)CO)C(=O)[C@@H]4[C@H]2C1=O. The van der Waals surface area contributed by atoms with Crippen molar-refractivity contribution in [3.63, 3.8) is 0 Å². The highest BCUT2D eigenvalue weighted by Crippen LogP contribution is 2.59. The van der Waals surface area contributed by atoms with Crippen LogP contribution in [0.3, 0.4) is 0 Å². The number of rotatable bonds is 6. The first-order valence-electron chi connectivity index (χ1n) is 13.1. The van der Waals surface area contributed by atoms with E-state index in [0.717, 1.165) is 6.42 Å². The van der Waals surface area contributed by atoms with Gasteiger partial charge in [-0.1, -0.05) is 45.1 Å². The molecule has 0 bridgehead atoms. The Balaban J connectivity index is 1.93. The first kappa shape index (κ1) is 25.9. The van der Waals surface area contributed by atoms with E-state index in [2.05, 4.69) is 0 Å². The van der Waals surface area contributed by atoms with Gasteiger partial charge < -0.3 is 24.5 Å². The molecule has 194 valence electrons. The number of aliphatic hydroxyl groups is 1. The van der Waals surface area contributed by atoms with Gasteiger partial charge in [0.05, 0.1) is 30.1 Å². The molecule has 0 aliphatic carbocycles. The average Bonchev–Trinajstić information content (AvgIpc) is 3.09. The molecule has 0 aromatic carbocycles. The van der Waals surface area contributed by atoms with Crippen LogP contribution in [0.2, 0.25) is 0 Å². The maximum Gasteiger partial charge on any atom is 0.249 e. The van der Waals surface area contributed by atoms with Crippen LogP contribution in [0.15, 0.2) is 24.3 Å². The molecule has 35 heavy (non-hydrogen) atoms. The number of hydrogen-bond acceptors (Lipinski definition) is 5. The lowest BCUT2D eigenvalue weighted by Crippen LogP contribution is -2.61. The zero-order valence-corrected chi connectivity index (χ0v) is 22.0. The summed E-state index contributed by atoms with van der Waals surface area (Å²) >= 11 is 0. The Hall–Kier alpha value is -2.19. The summed E-state index contributed by atoms with van der Waals surface area (Å²) in [6, 6.07) is -1.47. The number of ether oxygens (including phenoxy) is 1. The van der Waals surface area contributed by atoms with Crippen molar-refractivity contribution in [2.24, 2.45) is 11.8 Å². The highest BCUT2D eigenvalue weighted by atomic mass is 16.5. The minimum Gasteiger partial charge on any atom is -0.394 e. The summed E-state index contributed by atoms with van der Waals surface area (Å²) in [5.41, 5.74) is -2.71. The number of fused-ring (bicyclic) bond motifs is 2. The van der Waals surface area contributed by atoms with Gasteiger partial charge in [-0.15, -0.1) is 0 Å². The van der Waals surface area contributed by atoms with Crippen LogP contribution in [-0.4, -0.2) is 92.6 Å². The fourth-order valence-corrected chi connectivity index (χ4v) is 6.63. The second-order valence-electron chi connectivity index (χ2n) is 11.3. The number of amides is 3. The molecule has 8 heteroatoms. The Labute approximate surface area is 208 Å². The number of aliphatic hydroxyl groups excluding tert-OH is 1. The fourth-order valence-electron chi connectivity index (χ4n) is 6.63. The van der Waals surface area contributed by atoms with E-state index in [1.807, 2.05) is 65.8 Å². The smallest absolute Gasteiger partial charge is 0.249 e. The van der Waals surface area contributed by atoms with Gasteiger partial charge in [0.1, 0.15) is 11.6 Å². The van der Waals surface area contributed by atoms with Crippen molar-refractivity contribution in [2.45, 2.75) is 89.6 Å². The third-order valence-electron chi connectivity index (χ3n) is 8.34. The van der Waals surface area contributed by atoms with E-state index in [9.17, 15) is 19.5 Å².